The van der Waals surface area contributed by atoms with E-state index in [4.69, 9.17) is 9.47 Å². The average molecular weight is 287 g/mol. The van der Waals surface area contributed by atoms with Crippen molar-refractivity contribution in [3.8, 4) is 11.5 Å². The van der Waals surface area contributed by atoms with E-state index in [1.54, 1.807) is 5.57 Å². The van der Waals surface area contributed by atoms with Crippen LogP contribution in [0.5, 0.6) is 11.5 Å². The number of hydrogen-bond donors (Lipinski definition) is 1. The van der Waals surface area contributed by atoms with Gasteiger partial charge in [-0.15, -0.1) is 0 Å². The van der Waals surface area contributed by atoms with Crippen LogP contribution in [0.2, 0.25) is 0 Å². The van der Waals surface area contributed by atoms with Crippen LogP contribution in [0.25, 0.3) is 0 Å². The van der Waals surface area contributed by atoms with Crippen molar-refractivity contribution in [1.82, 2.24) is 5.32 Å². The molecule has 1 aromatic rings. The van der Waals surface area contributed by atoms with Gasteiger partial charge in [0.25, 0.3) is 0 Å². The molecular formula is C18H25NO2. The Kier molecular flexibility index (Phi) is 4.81. The molecule has 1 aliphatic heterocycles. The van der Waals surface area contributed by atoms with Crippen LogP contribution in [-0.2, 0) is 0 Å². The van der Waals surface area contributed by atoms with Crippen LogP contribution in [0, 0.1) is 0 Å². The molecule has 1 heterocycles. The minimum Gasteiger partial charge on any atom is -0.490 e. The summed E-state index contributed by atoms with van der Waals surface area (Å²) >= 11 is 0. The van der Waals surface area contributed by atoms with Gasteiger partial charge < -0.3 is 14.8 Å². The van der Waals surface area contributed by atoms with Crippen LogP contribution >= 0.6 is 0 Å². The molecule has 3 rings (SSSR count). The Balaban J connectivity index is 1.77. The second-order valence-electron chi connectivity index (χ2n) is 5.91. The first-order chi connectivity index (χ1) is 10.4. The van der Waals surface area contributed by atoms with Gasteiger partial charge in [0.15, 0.2) is 11.5 Å². The van der Waals surface area contributed by atoms with Gasteiger partial charge in [0, 0.05) is 12.5 Å². The fraction of sp³-hybridized carbons (Fsp3) is 0.556. The number of hydrogen-bond acceptors (Lipinski definition) is 3. The molecule has 21 heavy (non-hydrogen) atoms. The van der Waals surface area contributed by atoms with Gasteiger partial charge in [-0.25, -0.2) is 0 Å². The Hall–Kier alpha value is -1.48. The molecule has 1 N–H and O–H groups in total. The smallest absolute Gasteiger partial charge is 0.161 e. The van der Waals surface area contributed by atoms with Crippen molar-refractivity contribution in [2.75, 3.05) is 20.3 Å². The molecule has 0 bridgehead atoms. The van der Waals surface area contributed by atoms with Gasteiger partial charge in [-0.2, -0.15) is 0 Å². The van der Waals surface area contributed by atoms with Crippen molar-refractivity contribution in [3.63, 3.8) is 0 Å². The molecule has 0 spiro atoms. The number of fused-ring (bicyclic) bond motifs is 1. The van der Waals surface area contributed by atoms with Gasteiger partial charge in [-0.05, 0) is 56.8 Å². The van der Waals surface area contributed by atoms with Gasteiger partial charge in [-0.1, -0.05) is 17.7 Å². The quantitative estimate of drug-likeness (QED) is 0.849. The summed E-state index contributed by atoms with van der Waals surface area (Å²) in [5.41, 5.74) is 2.88. The standard InChI is InChI=1S/C18H25NO2/c1-19-16(12-14-6-3-2-4-7-14)15-8-9-17-18(13-15)21-11-5-10-20-17/h6,8-9,13,16,19H,2-5,7,10-12H2,1H3. The monoisotopic (exact) mass is 287 g/mol. The van der Waals surface area contributed by atoms with E-state index in [9.17, 15) is 0 Å². The fourth-order valence-electron chi connectivity index (χ4n) is 3.14. The Bertz CT molecular complexity index is 510. The molecule has 0 amide bonds. The summed E-state index contributed by atoms with van der Waals surface area (Å²) in [6.07, 6.45) is 9.65. The van der Waals surface area contributed by atoms with Crippen LogP contribution in [0.1, 0.15) is 50.1 Å². The Labute approximate surface area is 127 Å². The zero-order valence-electron chi connectivity index (χ0n) is 12.9. The molecule has 1 aliphatic carbocycles. The van der Waals surface area contributed by atoms with E-state index in [0.717, 1.165) is 37.6 Å². The van der Waals surface area contributed by atoms with E-state index in [0.29, 0.717) is 6.04 Å². The number of benzene rings is 1. The average Bonchev–Trinajstić information content (AvgIpc) is 2.78. The summed E-state index contributed by atoms with van der Waals surface area (Å²) in [6.45, 7) is 1.49. The van der Waals surface area contributed by atoms with Crippen LogP contribution in [0.3, 0.4) is 0 Å². The molecule has 1 unspecified atom stereocenters. The topological polar surface area (TPSA) is 30.5 Å². The molecule has 0 aromatic heterocycles. The third kappa shape index (κ3) is 3.59. The fourth-order valence-corrected chi connectivity index (χ4v) is 3.14. The summed E-state index contributed by atoms with van der Waals surface area (Å²) in [5, 5.41) is 3.45. The molecule has 0 fully saturated rings. The predicted octanol–water partition coefficient (Wildman–Crippen LogP) is 4.00. The van der Waals surface area contributed by atoms with Crippen molar-refractivity contribution in [3.05, 3.63) is 35.4 Å². The highest BCUT2D eigenvalue weighted by molar-refractivity contribution is 5.44. The largest absolute Gasteiger partial charge is 0.490 e. The van der Waals surface area contributed by atoms with Crippen LogP contribution in [-0.4, -0.2) is 20.3 Å². The SMILES string of the molecule is CNC(CC1=CCCCC1)c1ccc2c(c1)OCCCO2. The Morgan fingerprint density at radius 2 is 1.95 bits per heavy atom. The van der Waals surface area contributed by atoms with Gasteiger partial charge >= 0.3 is 0 Å². The second kappa shape index (κ2) is 6.99. The molecule has 0 saturated carbocycles. The summed E-state index contributed by atoms with van der Waals surface area (Å²) in [4.78, 5) is 0. The Morgan fingerprint density at radius 3 is 2.71 bits per heavy atom. The molecular weight excluding hydrogens is 262 g/mol. The van der Waals surface area contributed by atoms with Gasteiger partial charge in [-0.3, -0.25) is 0 Å². The third-order valence-electron chi connectivity index (χ3n) is 4.37. The minimum absolute atomic E-state index is 0.353. The summed E-state index contributed by atoms with van der Waals surface area (Å²) < 4.78 is 11.5. The van der Waals surface area contributed by atoms with Crippen LogP contribution in [0.15, 0.2) is 29.8 Å². The first-order valence-electron chi connectivity index (χ1n) is 8.11. The molecule has 2 aliphatic rings. The molecule has 3 nitrogen and oxygen atoms in total. The normalized spacial score (nSPS) is 19.6. The molecule has 114 valence electrons. The maximum absolute atomic E-state index is 5.81. The summed E-state index contributed by atoms with van der Waals surface area (Å²) in [7, 11) is 2.04. The number of allylic oxidation sites excluding steroid dienone is 1. The highest BCUT2D eigenvalue weighted by Crippen LogP contribution is 2.34. The molecule has 0 saturated heterocycles. The zero-order chi connectivity index (χ0) is 14.5. The maximum Gasteiger partial charge on any atom is 0.161 e. The first kappa shape index (κ1) is 14.5. The Morgan fingerprint density at radius 1 is 1.10 bits per heavy atom. The molecule has 3 heteroatoms. The van der Waals surface area contributed by atoms with Gasteiger partial charge in [0.05, 0.1) is 13.2 Å². The lowest BCUT2D eigenvalue weighted by molar-refractivity contribution is 0.297. The lowest BCUT2D eigenvalue weighted by Gasteiger charge is -2.21. The van der Waals surface area contributed by atoms with E-state index in [-0.39, 0.29) is 0 Å². The van der Waals surface area contributed by atoms with Crippen molar-refractivity contribution in [1.29, 1.82) is 0 Å². The van der Waals surface area contributed by atoms with Crippen molar-refractivity contribution in [2.45, 2.75) is 44.6 Å². The van der Waals surface area contributed by atoms with Crippen molar-refractivity contribution >= 4 is 0 Å². The van der Waals surface area contributed by atoms with E-state index < -0.39 is 0 Å². The lowest BCUT2D eigenvalue weighted by atomic mass is 9.91. The maximum atomic E-state index is 5.81. The van der Waals surface area contributed by atoms with Gasteiger partial charge in [0.2, 0.25) is 0 Å². The third-order valence-corrected chi connectivity index (χ3v) is 4.37. The number of ether oxygens (including phenoxy) is 2. The van der Waals surface area contributed by atoms with E-state index in [1.807, 2.05) is 7.05 Å². The first-order valence-corrected chi connectivity index (χ1v) is 8.11. The molecule has 1 aromatic carbocycles. The van der Waals surface area contributed by atoms with E-state index in [2.05, 4.69) is 29.6 Å². The molecule has 0 radical (unpaired) electrons. The van der Waals surface area contributed by atoms with Crippen molar-refractivity contribution < 1.29 is 9.47 Å². The zero-order valence-corrected chi connectivity index (χ0v) is 12.9. The number of rotatable bonds is 4. The minimum atomic E-state index is 0.353. The second-order valence-corrected chi connectivity index (χ2v) is 5.91. The van der Waals surface area contributed by atoms with E-state index >= 15 is 0 Å². The molecule has 1 atom stereocenters. The number of nitrogens with one attached hydrogen (secondary N) is 1. The summed E-state index contributed by atoms with van der Waals surface area (Å²) in [6, 6.07) is 6.71. The summed E-state index contributed by atoms with van der Waals surface area (Å²) in [5.74, 6) is 1.77. The van der Waals surface area contributed by atoms with Crippen LogP contribution in [0.4, 0.5) is 0 Å². The highest BCUT2D eigenvalue weighted by Gasteiger charge is 2.17. The lowest BCUT2D eigenvalue weighted by Crippen LogP contribution is -2.17. The predicted molar refractivity (Wildman–Crippen MR) is 85.0 cm³/mol. The van der Waals surface area contributed by atoms with Gasteiger partial charge in [0.1, 0.15) is 0 Å². The highest BCUT2D eigenvalue weighted by atomic mass is 16.5. The van der Waals surface area contributed by atoms with E-state index in [1.165, 1.54) is 31.2 Å². The van der Waals surface area contributed by atoms with Crippen LogP contribution < -0.4 is 14.8 Å². The van der Waals surface area contributed by atoms with Crippen molar-refractivity contribution in [2.24, 2.45) is 0 Å².